The van der Waals surface area contributed by atoms with E-state index in [9.17, 15) is 14.4 Å². The van der Waals surface area contributed by atoms with Crippen molar-refractivity contribution in [3.63, 3.8) is 0 Å². The van der Waals surface area contributed by atoms with Crippen LogP contribution in [-0.2, 0) is 19.1 Å². The number of ketones is 1. The van der Waals surface area contributed by atoms with Crippen LogP contribution in [0.3, 0.4) is 0 Å². The van der Waals surface area contributed by atoms with Crippen molar-refractivity contribution in [3.8, 4) is 11.5 Å². The maximum Gasteiger partial charge on any atom is 0.344 e. The summed E-state index contributed by atoms with van der Waals surface area (Å²) in [6.07, 6.45) is 0. The summed E-state index contributed by atoms with van der Waals surface area (Å²) >= 11 is 2.08. The molecule has 0 aromatic heterocycles. The molecular weight excluding hydrogens is 565 g/mol. The summed E-state index contributed by atoms with van der Waals surface area (Å²) in [7, 11) is 2.80. The average Bonchev–Trinajstić information content (AvgIpc) is 3.13. The van der Waals surface area contributed by atoms with Gasteiger partial charge in [0.2, 0.25) is 0 Å². The lowest BCUT2D eigenvalue weighted by molar-refractivity contribution is -0.145. The van der Waals surface area contributed by atoms with Crippen LogP contribution in [-0.4, -0.2) is 45.2 Å². The number of hydrogen-bond donors (Lipinski definition) is 1. The minimum atomic E-state index is -0.694. The largest absolute Gasteiger partial charge is 0.493 e. The van der Waals surface area contributed by atoms with Crippen LogP contribution in [0.4, 0.5) is 0 Å². The lowest BCUT2D eigenvalue weighted by atomic mass is 9.79. The van der Waals surface area contributed by atoms with Crippen LogP contribution in [0.2, 0.25) is 0 Å². The van der Waals surface area contributed by atoms with Gasteiger partial charge in [0.05, 0.1) is 35.7 Å². The molecule has 1 heterocycles. The number of carbonyl (C=O) groups excluding carboxylic acids is 3. The van der Waals surface area contributed by atoms with Crippen molar-refractivity contribution in [2.24, 2.45) is 0 Å². The number of halogens is 1. The molecule has 0 amide bonds. The van der Waals surface area contributed by atoms with Crippen molar-refractivity contribution >= 4 is 46.0 Å². The van der Waals surface area contributed by atoms with Crippen LogP contribution in [0, 0.1) is 3.57 Å². The lowest BCUT2D eigenvalue weighted by Crippen LogP contribution is -2.29. The molecule has 0 saturated heterocycles. The number of rotatable bonds is 7. The molecule has 2 aliphatic rings. The van der Waals surface area contributed by atoms with Crippen molar-refractivity contribution in [1.29, 1.82) is 0 Å². The minimum Gasteiger partial charge on any atom is -0.493 e. The molecule has 0 spiro atoms. The predicted molar refractivity (Wildman–Crippen MR) is 136 cm³/mol. The Bertz CT molecular complexity index is 1290. The first-order valence-electron chi connectivity index (χ1n) is 10.9. The molecule has 8 nitrogen and oxygen atoms in total. The van der Waals surface area contributed by atoms with Gasteiger partial charge in [-0.1, -0.05) is 24.3 Å². The van der Waals surface area contributed by atoms with Crippen LogP contribution in [0.25, 0.3) is 5.70 Å². The highest BCUT2D eigenvalue weighted by atomic mass is 127. The van der Waals surface area contributed by atoms with E-state index >= 15 is 0 Å². The van der Waals surface area contributed by atoms with Gasteiger partial charge in [0.1, 0.15) is 0 Å². The third-order valence-electron chi connectivity index (χ3n) is 5.88. The number of dihydropyridines is 1. The van der Waals surface area contributed by atoms with Crippen molar-refractivity contribution in [3.05, 3.63) is 73.5 Å². The second kappa shape index (κ2) is 10.1. The molecule has 0 radical (unpaired) electrons. The van der Waals surface area contributed by atoms with Gasteiger partial charge in [0.25, 0.3) is 0 Å². The summed E-state index contributed by atoms with van der Waals surface area (Å²) in [5, 5.41) is 3.26. The molecule has 1 N–H and O–H groups in total. The Kier molecular flexibility index (Phi) is 7.15. The Hall–Kier alpha value is -3.34. The van der Waals surface area contributed by atoms with Crippen LogP contribution in [0.1, 0.15) is 41.3 Å². The number of carbonyl (C=O) groups is 3. The third-order valence-corrected chi connectivity index (χ3v) is 6.68. The van der Waals surface area contributed by atoms with E-state index in [-0.39, 0.29) is 19.0 Å². The number of hydrogen-bond acceptors (Lipinski definition) is 8. The monoisotopic (exact) mass is 589 g/mol. The zero-order valence-corrected chi connectivity index (χ0v) is 21.8. The Morgan fingerprint density at radius 3 is 2.49 bits per heavy atom. The molecule has 4 rings (SSSR count). The van der Waals surface area contributed by atoms with Gasteiger partial charge in [-0.15, -0.1) is 0 Å². The number of ether oxygens (including phenoxy) is 4. The van der Waals surface area contributed by atoms with E-state index in [0.29, 0.717) is 48.7 Å². The Labute approximate surface area is 216 Å². The van der Waals surface area contributed by atoms with Crippen LogP contribution in [0.5, 0.6) is 11.5 Å². The molecule has 182 valence electrons. The number of methoxy groups -OCH3 is 2. The minimum absolute atomic E-state index is 0.154. The molecule has 0 unspecified atom stereocenters. The highest BCUT2D eigenvalue weighted by Crippen LogP contribution is 2.48. The fourth-order valence-electron chi connectivity index (χ4n) is 4.42. The number of benzene rings is 2. The van der Waals surface area contributed by atoms with E-state index < -0.39 is 17.9 Å². The van der Waals surface area contributed by atoms with E-state index in [2.05, 4.69) is 27.9 Å². The van der Waals surface area contributed by atoms with Gasteiger partial charge in [-0.25, -0.2) is 9.59 Å². The summed E-state index contributed by atoms with van der Waals surface area (Å²) in [4.78, 5) is 38.3. The normalized spacial score (nSPS) is 16.4. The number of fused-ring (bicyclic) bond motifs is 2. The van der Waals surface area contributed by atoms with Gasteiger partial charge >= 0.3 is 11.9 Å². The van der Waals surface area contributed by atoms with E-state index in [1.165, 1.54) is 14.2 Å². The van der Waals surface area contributed by atoms with E-state index in [1.807, 2.05) is 24.3 Å². The zero-order chi connectivity index (χ0) is 25.3. The Morgan fingerprint density at radius 1 is 1.11 bits per heavy atom. The molecule has 2 aromatic rings. The number of nitrogens with one attached hydrogen (secondary N) is 1. The van der Waals surface area contributed by atoms with Gasteiger partial charge in [0.15, 0.2) is 23.9 Å². The van der Waals surface area contributed by atoms with Crippen molar-refractivity contribution < 1.29 is 33.3 Å². The second-order valence-corrected chi connectivity index (χ2v) is 9.04. The number of allylic oxidation sites excluding steroid dienone is 2. The first-order chi connectivity index (χ1) is 16.8. The first-order valence-corrected chi connectivity index (χ1v) is 12.0. The van der Waals surface area contributed by atoms with Gasteiger partial charge in [0, 0.05) is 28.3 Å². The van der Waals surface area contributed by atoms with E-state index in [1.54, 1.807) is 26.0 Å². The highest BCUT2D eigenvalue weighted by Gasteiger charge is 2.43. The SMILES string of the molecule is CCOC(=O)COc1c(I)cc([C@H]2C(C(=O)OC)=C(C)NC3=C2C(=O)c2ccccc23)cc1OC. The molecule has 0 saturated carbocycles. The quantitative estimate of drug-likeness (QED) is 0.383. The maximum atomic E-state index is 13.5. The number of Topliss-reactive ketones (excluding diaryl/α,β-unsaturated/α-hetero) is 1. The number of esters is 2. The summed E-state index contributed by atoms with van der Waals surface area (Å²) < 4.78 is 21.9. The standard InChI is InChI=1S/C26H24INO7/c1-5-34-19(29)12-35-25-17(27)10-14(11-18(25)32-3)21-20(26(31)33-4)13(2)28-23-15-8-6-7-9-16(15)24(30)22(21)23/h6-11,21,28H,5,12H2,1-4H3/t21-/m0/s1. The molecule has 35 heavy (non-hydrogen) atoms. The third kappa shape index (κ3) is 4.40. The molecule has 9 heteroatoms. The first kappa shape index (κ1) is 24.8. The zero-order valence-electron chi connectivity index (χ0n) is 19.7. The van der Waals surface area contributed by atoms with Gasteiger partial charge < -0.3 is 24.3 Å². The second-order valence-electron chi connectivity index (χ2n) is 7.88. The molecule has 0 fully saturated rings. The smallest absolute Gasteiger partial charge is 0.344 e. The lowest BCUT2D eigenvalue weighted by Gasteiger charge is -2.29. The molecule has 1 atom stereocenters. The van der Waals surface area contributed by atoms with Crippen LogP contribution < -0.4 is 14.8 Å². The highest BCUT2D eigenvalue weighted by molar-refractivity contribution is 14.1. The van der Waals surface area contributed by atoms with Gasteiger partial charge in [-0.05, 0) is 54.1 Å². The molecule has 2 aromatic carbocycles. The summed E-state index contributed by atoms with van der Waals surface area (Å²) in [5.41, 5.74) is 4.10. The predicted octanol–water partition coefficient (Wildman–Crippen LogP) is 3.98. The summed E-state index contributed by atoms with van der Waals surface area (Å²) in [6.45, 7) is 3.48. The molecular formula is C26H24INO7. The fourth-order valence-corrected chi connectivity index (χ4v) is 5.20. The van der Waals surface area contributed by atoms with E-state index in [0.717, 1.165) is 5.56 Å². The van der Waals surface area contributed by atoms with Crippen molar-refractivity contribution in [2.75, 3.05) is 27.4 Å². The van der Waals surface area contributed by atoms with Crippen molar-refractivity contribution in [1.82, 2.24) is 5.32 Å². The fraction of sp³-hybridized carbons (Fsp3) is 0.269. The summed E-state index contributed by atoms with van der Waals surface area (Å²) in [6, 6.07) is 10.9. The van der Waals surface area contributed by atoms with Gasteiger partial charge in [-0.2, -0.15) is 0 Å². The van der Waals surface area contributed by atoms with Crippen molar-refractivity contribution in [2.45, 2.75) is 19.8 Å². The van der Waals surface area contributed by atoms with Crippen LogP contribution >= 0.6 is 22.6 Å². The Morgan fingerprint density at radius 2 is 1.83 bits per heavy atom. The van der Waals surface area contributed by atoms with Gasteiger partial charge in [-0.3, -0.25) is 4.79 Å². The average molecular weight is 589 g/mol. The maximum absolute atomic E-state index is 13.5. The van der Waals surface area contributed by atoms with Crippen LogP contribution in [0.15, 0.2) is 53.2 Å². The summed E-state index contributed by atoms with van der Waals surface area (Å²) in [5.74, 6) is -1.15. The topological polar surface area (TPSA) is 100 Å². The molecule has 0 bridgehead atoms. The molecule has 1 aliphatic carbocycles. The molecule has 1 aliphatic heterocycles. The van der Waals surface area contributed by atoms with E-state index in [4.69, 9.17) is 18.9 Å². The Balaban J connectivity index is 1.84.